The third kappa shape index (κ3) is 2.68. The van der Waals surface area contributed by atoms with Crippen molar-refractivity contribution in [3.8, 4) is 0 Å². The number of rotatable bonds is 5. The second-order valence-corrected chi connectivity index (χ2v) is 6.48. The molecule has 3 aliphatic rings. The van der Waals surface area contributed by atoms with Crippen LogP contribution in [-0.2, 0) is 4.74 Å². The van der Waals surface area contributed by atoms with Gasteiger partial charge in [0.25, 0.3) is 0 Å². The smallest absolute Gasteiger partial charge is 0.0685 e. The summed E-state index contributed by atoms with van der Waals surface area (Å²) in [6.07, 6.45) is 11.0. The molecule has 0 bridgehead atoms. The van der Waals surface area contributed by atoms with E-state index in [-0.39, 0.29) is 0 Å². The molecule has 2 saturated carbocycles. The van der Waals surface area contributed by atoms with Crippen LogP contribution in [0.3, 0.4) is 0 Å². The molecule has 1 saturated heterocycles. The molecule has 2 atom stereocenters. The maximum absolute atomic E-state index is 6.05. The van der Waals surface area contributed by atoms with Crippen LogP contribution in [0, 0.1) is 11.8 Å². The van der Waals surface area contributed by atoms with Gasteiger partial charge >= 0.3 is 0 Å². The average Bonchev–Trinajstić information content (AvgIpc) is 3.11. The number of hydrogen-bond donors (Lipinski definition) is 1. The van der Waals surface area contributed by atoms with Gasteiger partial charge in [0, 0.05) is 12.6 Å². The molecule has 1 heterocycles. The van der Waals surface area contributed by atoms with Gasteiger partial charge in [0.1, 0.15) is 0 Å². The SMILES string of the molecule is CCNC(CC1CC1)C1CCOC2(CCC2)C1. The van der Waals surface area contributed by atoms with E-state index in [0.29, 0.717) is 5.60 Å². The van der Waals surface area contributed by atoms with Crippen molar-refractivity contribution in [1.82, 2.24) is 5.32 Å². The third-order valence-corrected chi connectivity index (χ3v) is 5.12. The third-order valence-electron chi connectivity index (χ3n) is 5.12. The van der Waals surface area contributed by atoms with E-state index >= 15 is 0 Å². The van der Waals surface area contributed by atoms with E-state index in [2.05, 4.69) is 12.2 Å². The maximum Gasteiger partial charge on any atom is 0.0685 e. The van der Waals surface area contributed by atoms with Crippen molar-refractivity contribution in [2.45, 2.75) is 69.9 Å². The first-order valence-electron chi connectivity index (χ1n) is 7.69. The Morgan fingerprint density at radius 3 is 2.71 bits per heavy atom. The van der Waals surface area contributed by atoms with E-state index in [9.17, 15) is 0 Å². The van der Waals surface area contributed by atoms with Crippen molar-refractivity contribution in [3.63, 3.8) is 0 Å². The zero-order valence-corrected chi connectivity index (χ0v) is 11.2. The number of hydrogen-bond acceptors (Lipinski definition) is 2. The molecule has 0 amide bonds. The van der Waals surface area contributed by atoms with Crippen LogP contribution >= 0.6 is 0 Å². The van der Waals surface area contributed by atoms with Crippen molar-refractivity contribution in [1.29, 1.82) is 0 Å². The summed E-state index contributed by atoms with van der Waals surface area (Å²) in [4.78, 5) is 0. The first kappa shape index (κ1) is 12.0. The van der Waals surface area contributed by atoms with E-state index in [1.807, 2.05) is 0 Å². The van der Waals surface area contributed by atoms with Crippen molar-refractivity contribution in [2.24, 2.45) is 11.8 Å². The van der Waals surface area contributed by atoms with Crippen LogP contribution < -0.4 is 5.32 Å². The quantitative estimate of drug-likeness (QED) is 0.793. The van der Waals surface area contributed by atoms with Crippen molar-refractivity contribution in [2.75, 3.05) is 13.2 Å². The zero-order chi connectivity index (χ0) is 11.7. The number of ether oxygens (including phenoxy) is 1. The minimum Gasteiger partial charge on any atom is -0.375 e. The molecule has 2 unspecified atom stereocenters. The minimum atomic E-state index is 0.320. The molecule has 2 aliphatic carbocycles. The lowest BCUT2D eigenvalue weighted by Gasteiger charge is -2.49. The van der Waals surface area contributed by atoms with E-state index in [1.165, 1.54) is 51.4 Å². The van der Waals surface area contributed by atoms with Crippen LogP contribution in [0.25, 0.3) is 0 Å². The Kier molecular flexibility index (Phi) is 3.45. The van der Waals surface area contributed by atoms with Gasteiger partial charge < -0.3 is 10.1 Å². The first-order valence-corrected chi connectivity index (χ1v) is 7.69. The van der Waals surface area contributed by atoms with Gasteiger partial charge in [-0.05, 0) is 56.9 Å². The lowest BCUT2D eigenvalue weighted by atomic mass is 9.70. The highest BCUT2D eigenvalue weighted by molar-refractivity contribution is 4.97. The van der Waals surface area contributed by atoms with Gasteiger partial charge in [-0.25, -0.2) is 0 Å². The van der Waals surface area contributed by atoms with E-state index in [1.54, 1.807) is 0 Å². The average molecular weight is 237 g/mol. The fourth-order valence-corrected chi connectivity index (χ4v) is 3.75. The van der Waals surface area contributed by atoms with Gasteiger partial charge in [0.2, 0.25) is 0 Å². The topological polar surface area (TPSA) is 21.3 Å². The molecule has 1 spiro atoms. The Hall–Kier alpha value is -0.0800. The molecule has 2 nitrogen and oxygen atoms in total. The Morgan fingerprint density at radius 2 is 2.12 bits per heavy atom. The molecule has 1 N–H and O–H groups in total. The Morgan fingerprint density at radius 1 is 1.29 bits per heavy atom. The highest BCUT2D eigenvalue weighted by Crippen LogP contribution is 2.46. The lowest BCUT2D eigenvalue weighted by Crippen LogP contribution is -2.50. The molecule has 2 heteroatoms. The second-order valence-electron chi connectivity index (χ2n) is 6.48. The van der Waals surface area contributed by atoms with E-state index < -0.39 is 0 Å². The monoisotopic (exact) mass is 237 g/mol. The van der Waals surface area contributed by atoms with E-state index in [0.717, 1.165) is 31.0 Å². The predicted molar refractivity (Wildman–Crippen MR) is 70.1 cm³/mol. The largest absolute Gasteiger partial charge is 0.375 e. The molecule has 1 aliphatic heterocycles. The van der Waals surface area contributed by atoms with Crippen LogP contribution in [0.5, 0.6) is 0 Å². The Balaban J connectivity index is 1.58. The molecule has 0 aromatic rings. The highest BCUT2D eigenvalue weighted by Gasteiger charge is 2.44. The molecule has 0 radical (unpaired) electrons. The van der Waals surface area contributed by atoms with Crippen LogP contribution in [-0.4, -0.2) is 24.8 Å². The molecule has 0 aromatic carbocycles. The molecule has 17 heavy (non-hydrogen) atoms. The summed E-state index contributed by atoms with van der Waals surface area (Å²) in [5.41, 5.74) is 0.320. The maximum atomic E-state index is 6.05. The van der Waals surface area contributed by atoms with E-state index in [4.69, 9.17) is 4.74 Å². The molecule has 3 fully saturated rings. The standard InChI is InChI=1S/C15H27NO/c1-2-16-14(10-12-4-5-12)13-6-9-17-15(11-13)7-3-8-15/h12-14,16H,2-11H2,1H3. The molecule has 98 valence electrons. The van der Waals surface area contributed by atoms with Crippen molar-refractivity contribution < 1.29 is 4.74 Å². The second kappa shape index (κ2) is 4.89. The fourth-order valence-electron chi connectivity index (χ4n) is 3.75. The summed E-state index contributed by atoms with van der Waals surface area (Å²) >= 11 is 0. The molecular weight excluding hydrogens is 210 g/mol. The normalized spacial score (nSPS) is 33.4. The first-order chi connectivity index (χ1) is 8.31. The van der Waals surface area contributed by atoms with Crippen LogP contribution in [0.15, 0.2) is 0 Å². The van der Waals surface area contributed by atoms with Crippen LogP contribution in [0.2, 0.25) is 0 Å². The van der Waals surface area contributed by atoms with Crippen LogP contribution in [0.1, 0.15) is 58.3 Å². The summed E-state index contributed by atoms with van der Waals surface area (Å²) in [7, 11) is 0. The number of nitrogens with one attached hydrogen (secondary N) is 1. The predicted octanol–water partition coefficient (Wildman–Crippen LogP) is 3.11. The fraction of sp³-hybridized carbons (Fsp3) is 1.00. The van der Waals surface area contributed by atoms with Gasteiger partial charge in [0.15, 0.2) is 0 Å². The molecule has 3 rings (SSSR count). The Labute approximate surface area is 105 Å². The lowest BCUT2D eigenvalue weighted by molar-refractivity contribution is -0.147. The summed E-state index contributed by atoms with van der Waals surface area (Å²) < 4.78 is 6.05. The van der Waals surface area contributed by atoms with Gasteiger partial charge in [0.05, 0.1) is 5.60 Å². The van der Waals surface area contributed by atoms with Crippen molar-refractivity contribution in [3.05, 3.63) is 0 Å². The minimum absolute atomic E-state index is 0.320. The van der Waals surface area contributed by atoms with Gasteiger partial charge in [-0.3, -0.25) is 0 Å². The van der Waals surface area contributed by atoms with Gasteiger partial charge in [-0.1, -0.05) is 19.8 Å². The van der Waals surface area contributed by atoms with Gasteiger partial charge in [-0.2, -0.15) is 0 Å². The zero-order valence-electron chi connectivity index (χ0n) is 11.2. The molecule has 0 aromatic heterocycles. The summed E-state index contributed by atoms with van der Waals surface area (Å²) in [6.45, 7) is 4.39. The summed E-state index contributed by atoms with van der Waals surface area (Å²) in [5, 5.41) is 3.75. The molecular formula is C15H27NO. The van der Waals surface area contributed by atoms with Crippen LogP contribution in [0.4, 0.5) is 0 Å². The van der Waals surface area contributed by atoms with Gasteiger partial charge in [-0.15, -0.1) is 0 Å². The van der Waals surface area contributed by atoms with Crippen molar-refractivity contribution >= 4 is 0 Å². The Bertz CT molecular complexity index is 258. The summed E-state index contributed by atoms with van der Waals surface area (Å²) in [5.74, 6) is 1.92. The summed E-state index contributed by atoms with van der Waals surface area (Å²) in [6, 6.07) is 0.772. The highest BCUT2D eigenvalue weighted by atomic mass is 16.5.